The molecule has 13 heavy (non-hydrogen) atoms. The molecule has 0 aliphatic rings. The minimum atomic E-state index is -3.68. The van der Waals surface area contributed by atoms with Crippen molar-refractivity contribution < 1.29 is 13.9 Å². The molecule has 1 aromatic rings. The number of alkyl halides is 3. The molecule has 1 N–H and O–H groups in total. The van der Waals surface area contributed by atoms with Gasteiger partial charge < -0.3 is 5.11 Å². The highest BCUT2D eigenvalue weighted by Gasteiger charge is 2.36. The lowest BCUT2D eigenvalue weighted by molar-refractivity contribution is -0.0424. The summed E-state index contributed by atoms with van der Waals surface area (Å²) >= 11 is 10.2. The van der Waals surface area contributed by atoms with Crippen LogP contribution in [-0.2, 0) is 0 Å². The van der Waals surface area contributed by atoms with Crippen molar-refractivity contribution >= 4 is 23.2 Å². The number of aliphatic hydroxyl groups excluding tert-OH is 1. The second-order valence-corrected chi connectivity index (χ2v) is 3.44. The van der Waals surface area contributed by atoms with Gasteiger partial charge in [0.2, 0.25) is 0 Å². The number of hydrogen-bond acceptors (Lipinski definition) is 1. The molecule has 0 radical (unpaired) electrons. The first-order chi connectivity index (χ1) is 5.91. The van der Waals surface area contributed by atoms with Crippen LogP contribution in [0.15, 0.2) is 24.3 Å². The van der Waals surface area contributed by atoms with Gasteiger partial charge in [0.25, 0.3) is 0 Å². The smallest absolute Gasteiger partial charge is 0.351 e. The van der Waals surface area contributed by atoms with E-state index < -0.39 is 11.5 Å². The Morgan fingerprint density at radius 2 is 2.00 bits per heavy atom. The molecule has 1 aromatic carbocycles. The summed E-state index contributed by atoms with van der Waals surface area (Å²) in [7, 11) is 0. The molecule has 0 amide bonds. The highest BCUT2D eigenvalue weighted by molar-refractivity contribution is 6.30. The first kappa shape index (κ1) is 10.7. The molecule has 5 heteroatoms. The van der Waals surface area contributed by atoms with Crippen LogP contribution in [-0.4, -0.2) is 10.5 Å². The highest BCUT2D eigenvalue weighted by Crippen LogP contribution is 2.35. The first-order valence-electron chi connectivity index (χ1n) is 3.41. The summed E-state index contributed by atoms with van der Waals surface area (Å²) in [5.41, 5.74) is -0.00694. The monoisotopic (exact) mass is 226 g/mol. The lowest BCUT2D eigenvalue weighted by Gasteiger charge is -2.15. The van der Waals surface area contributed by atoms with Crippen molar-refractivity contribution in [2.45, 2.75) is 11.5 Å². The second-order valence-electron chi connectivity index (χ2n) is 2.50. The van der Waals surface area contributed by atoms with E-state index in [0.717, 1.165) is 0 Å². The SMILES string of the molecule is OC(c1cccc(Cl)c1)C(F)(F)Cl. The Hall–Kier alpha value is -0.380. The Balaban J connectivity index is 2.96. The lowest BCUT2D eigenvalue weighted by atomic mass is 10.1. The minimum absolute atomic E-state index is 0.00694. The van der Waals surface area contributed by atoms with E-state index in [2.05, 4.69) is 11.6 Å². The summed E-state index contributed by atoms with van der Waals surface area (Å²) in [6.45, 7) is 0. The van der Waals surface area contributed by atoms with Crippen LogP contribution < -0.4 is 0 Å². The predicted octanol–water partition coefficient (Wildman–Crippen LogP) is 3.21. The topological polar surface area (TPSA) is 20.2 Å². The van der Waals surface area contributed by atoms with Crippen molar-refractivity contribution in [1.82, 2.24) is 0 Å². The molecule has 1 nitrogen and oxygen atoms in total. The molecule has 0 aromatic heterocycles. The van der Waals surface area contributed by atoms with Crippen molar-refractivity contribution in [3.8, 4) is 0 Å². The Morgan fingerprint density at radius 3 is 2.46 bits per heavy atom. The van der Waals surface area contributed by atoms with Gasteiger partial charge >= 0.3 is 5.38 Å². The van der Waals surface area contributed by atoms with E-state index in [1.54, 1.807) is 0 Å². The summed E-state index contributed by atoms with van der Waals surface area (Å²) in [6.07, 6.45) is -2.03. The van der Waals surface area contributed by atoms with Crippen LogP contribution in [0.25, 0.3) is 0 Å². The van der Waals surface area contributed by atoms with E-state index >= 15 is 0 Å². The molecule has 0 fully saturated rings. The van der Waals surface area contributed by atoms with E-state index in [0.29, 0.717) is 0 Å². The van der Waals surface area contributed by atoms with E-state index in [4.69, 9.17) is 16.7 Å². The summed E-state index contributed by atoms with van der Waals surface area (Å²) in [5.74, 6) is 0. The van der Waals surface area contributed by atoms with Gasteiger partial charge in [0.15, 0.2) is 6.10 Å². The largest absolute Gasteiger partial charge is 0.381 e. The van der Waals surface area contributed by atoms with Crippen molar-refractivity contribution in [2.24, 2.45) is 0 Å². The fourth-order valence-electron chi connectivity index (χ4n) is 0.866. The molecule has 0 saturated heterocycles. The number of halogens is 4. The Kier molecular flexibility index (Phi) is 3.11. The van der Waals surface area contributed by atoms with Gasteiger partial charge in [0, 0.05) is 5.02 Å². The Morgan fingerprint density at radius 1 is 1.38 bits per heavy atom. The number of rotatable bonds is 2. The van der Waals surface area contributed by atoms with Crippen LogP contribution >= 0.6 is 23.2 Å². The Bertz CT molecular complexity index is 298. The average Bonchev–Trinajstić information content (AvgIpc) is 2.01. The third kappa shape index (κ3) is 2.79. The summed E-state index contributed by atoms with van der Waals surface area (Å²) in [6, 6.07) is 5.54. The van der Waals surface area contributed by atoms with Gasteiger partial charge in [-0.2, -0.15) is 8.78 Å². The molecular formula is C8H6Cl2F2O. The summed E-state index contributed by atoms with van der Waals surface area (Å²) in [4.78, 5) is 0. The second kappa shape index (κ2) is 3.78. The van der Waals surface area contributed by atoms with Gasteiger partial charge in [0.1, 0.15) is 0 Å². The third-order valence-corrected chi connectivity index (χ3v) is 1.92. The van der Waals surface area contributed by atoms with E-state index in [9.17, 15) is 8.78 Å². The van der Waals surface area contributed by atoms with Crippen LogP contribution in [0.3, 0.4) is 0 Å². The zero-order valence-electron chi connectivity index (χ0n) is 6.35. The normalized spacial score (nSPS) is 14.2. The van der Waals surface area contributed by atoms with Crippen molar-refractivity contribution in [3.63, 3.8) is 0 Å². The molecule has 1 atom stereocenters. The van der Waals surface area contributed by atoms with Gasteiger partial charge in [-0.3, -0.25) is 0 Å². The zero-order valence-corrected chi connectivity index (χ0v) is 7.86. The standard InChI is InChI=1S/C8H6Cl2F2O/c9-6-3-1-2-5(4-6)7(13)8(10,11)12/h1-4,7,13H. The molecule has 0 aliphatic heterocycles. The molecule has 0 saturated carbocycles. The maximum absolute atomic E-state index is 12.4. The average molecular weight is 227 g/mol. The number of hydrogen-bond donors (Lipinski definition) is 1. The highest BCUT2D eigenvalue weighted by atomic mass is 35.5. The molecule has 0 heterocycles. The molecule has 1 unspecified atom stereocenters. The maximum Gasteiger partial charge on any atom is 0.351 e. The van der Waals surface area contributed by atoms with Gasteiger partial charge in [-0.15, -0.1) is 0 Å². The molecule has 1 rings (SSSR count). The molecular weight excluding hydrogens is 221 g/mol. The van der Waals surface area contributed by atoms with Crippen molar-refractivity contribution in [1.29, 1.82) is 0 Å². The van der Waals surface area contributed by atoms with E-state index in [1.165, 1.54) is 24.3 Å². The first-order valence-corrected chi connectivity index (χ1v) is 4.17. The van der Waals surface area contributed by atoms with E-state index in [-0.39, 0.29) is 10.6 Å². The molecule has 0 bridgehead atoms. The van der Waals surface area contributed by atoms with Crippen LogP contribution in [0.1, 0.15) is 11.7 Å². The zero-order chi connectivity index (χ0) is 10.1. The van der Waals surface area contributed by atoms with Crippen LogP contribution in [0.2, 0.25) is 5.02 Å². The molecule has 72 valence electrons. The summed E-state index contributed by atoms with van der Waals surface area (Å²) in [5, 5.41) is 5.64. The number of benzene rings is 1. The van der Waals surface area contributed by atoms with E-state index in [1.807, 2.05) is 0 Å². The summed E-state index contributed by atoms with van der Waals surface area (Å²) < 4.78 is 24.8. The van der Waals surface area contributed by atoms with Gasteiger partial charge in [-0.1, -0.05) is 23.7 Å². The van der Waals surface area contributed by atoms with Crippen LogP contribution in [0, 0.1) is 0 Å². The molecule has 0 spiro atoms. The fourth-order valence-corrected chi connectivity index (χ4v) is 1.19. The van der Waals surface area contributed by atoms with Gasteiger partial charge in [0.05, 0.1) is 0 Å². The fraction of sp³-hybridized carbons (Fsp3) is 0.250. The Labute approximate surface area is 83.9 Å². The van der Waals surface area contributed by atoms with Crippen LogP contribution in [0.4, 0.5) is 8.78 Å². The van der Waals surface area contributed by atoms with Crippen LogP contribution in [0.5, 0.6) is 0 Å². The van der Waals surface area contributed by atoms with Crippen molar-refractivity contribution in [3.05, 3.63) is 34.9 Å². The molecule has 0 aliphatic carbocycles. The van der Waals surface area contributed by atoms with Crippen molar-refractivity contribution in [2.75, 3.05) is 0 Å². The van der Waals surface area contributed by atoms with Gasteiger partial charge in [-0.25, -0.2) is 0 Å². The number of aliphatic hydroxyl groups is 1. The maximum atomic E-state index is 12.4. The predicted molar refractivity (Wildman–Crippen MR) is 47.2 cm³/mol. The minimum Gasteiger partial charge on any atom is -0.381 e. The third-order valence-electron chi connectivity index (χ3n) is 1.47. The quantitative estimate of drug-likeness (QED) is 0.769. The lowest BCUT2D eigenvalue weighted by Crippen LogP contribution is -2.18. The van der Waals surface area contributed by atoms with Gasteiger partial charge in [-0.05, 0) is 29.3 Å².